The highest BCUT2D eigenvalue weighted by atomic mass is 16.5. The van der Waals surface area contributed by atoms with E-state index < -0.39 is 0 Å². The molecule has 0 fully saturated rings. The number of aromatic nitrogens is 2. The summed E-state index contributed by atoms with van der Waals surface area (Å²) in [6.07, 6.45) is 8.53. The Labute approximate surface area is 162 Å². The van der Waals surface area contributed by atoms with Gasteiger partial charge in [0.15, 0.2) is 18.1 Å². The van der Waals surface area contributed by atoms with Crippen LogP contribution in [0.15, 0.2) is 24.3 Å². The fraction of sp³-hybridized carbons (Fsp3) is 0.545. The van der Waals surface area contributed by atoms with Crippen molar-refractivity contribution in [3.63, 3.8) is 0 Å². The minimum Gasteiger partial charge on any atom is -0.493 e. The fourth-order valence-electron chi connectivity index (χ4n) is 3.30. The second-order valence-corrected chi connectivity index (χ2v) is 6.91. The summed E-state index contributed by atoms with van der Waals surface area (Å²) < 4.78 is 12.4. The van der Waals surface area contributed by atoms with Gasteiger partial charge in [0.1, 0.15) is 0 Å². The number of rotatable bonds is 11. The SMILES string of the molecule is CCCCCCCCc1c(C)nn(C(=O)COc2ccccc2OC)c1C. The smallest absolute Gasteiger partial charge is 0.284 e. The Balaban J connectivity index is 1.93. The Hall–Kier alpha value is -2.30. The maximum atomic E-state index is 12.6. The zero-order valence-corrected chi connectivity index (χ0v) is 17.1. The minimum absolute atomic E-state index is 0.0706. The molecular formula is C22H32N2O3. The molecule has 5 heteroatoms. The molecule has 0 aliphatic carbocycles. The first-order chi connectivity index (χ1) is 13.1. The molecule has 0 amide bonds. The van der Waals surface area contributed by atoms with Crippen LogP contribution in [0, 0.1) is 13.8 Å². The number of para-hydroxylation sites is 2. The molecule has 0 aliphatic rings. The Bertz CT molecular complexity index is 737. The Morgan fingerprint density at radius 1 is 1.04 bits per heavy atom. The quantitative estimate of drug-likeness (QED) is 0.513. The van der Waals surface area contributed by atoms with Gasteiger partial charge in [-0.2, -0.15) is 5.10 Å². The van der Waals surface area contributed by atoms with Crippen LogP contribution in [0.2, 0.25) is 0 Å². The predicted octanol–water partition coefficient (Wildman–Crippen LogP) is 5.13. The fourth-order valence-corrected chi connectivity index (χ4v) is 3.30. The number of carbonyl (C=O) groups is 1. The summed E-state index contributed by atoms with van der Waals surface area (Å²) in [5, 5.41) is 4.45. The van der Waals surface area contributed by atoms with E-state index in [1.54, 1.807) is 13.2 Å². The van der Waals surface area contributed by atoms with Crippen molar-refractivity contribution in [3.05, 3.63) is 41.2 Å². The van der Waals surface area contributed by atoms with Gasteiger partial charge in [0.2, 0.25) is 0 Å². The number of carbonyl (C=O) groups excluding carboxylic acids is 1. The maximum Gasteiger partial charge on any atom is 0.284 e. The zero-order chi connectivity index (χ0) is 19.6. The lowest BCUT2D eigenvalue weighted by molar-refractivity contribution is 0.0816. The molecule has 27 heavy (non-hydrogen) atoms. The van der Waals surface area contributed by atoms with Crippen molar-refractivity contribution in [1.82, 2.24) is 9.78 Å². The van der Waals surface area contributed by atoms with E-state index >= 15 is 0 Å². The van der Waals surface area contributed by atoms with E-state index in [0.717, 1.165) is 24.2 Å². The summed E-state index contributed by atoms with van der Waals surface area (Å²) in [4.78, 5) is 12.6. The van der Waals surface area contributed by atoms with Gasteiger partial charge in [-0.3, -0.25) is 4.79 Å². The molecule has 5 nitrogen and oxygen atoms in total. The van der Waals surface area contributed by atoms with Gasteiger partial charge < -0.3 is 9.47 Å². The molecule has 0 N–H and O–H groups in total. The van der Waals surface area contributed by atoms with Crippen LogP contribution in [0.4, 0.5) is 0 Å². The first kappa shape index (κ1) is 21.0. The summed E-state index contributed by atoms with van der Waals surface area (Å²) in [5.41, 5.74) is 3.05. The van der Waals surface area contributed by atoms with Gasteiger partial charge in [0, 0.05) is 5.69 Å². The molecule has 2 rings (SSSR count). The average molecular weight is 373 g/mol. The largest absolute Gasteiger partial charge is 0.493 e. The predicted molar refractivity (Wildman–Crippen MR) is 108 cm³/mol. The molecular weight excluding hydrogens is 340 g/mol. The molecule has 1 aromatic carbocycles. The lowest BCUT2D eigenvalue weighted by atomic mass is 10.0. The summed E-state index contributed by atoms with van der Waals surface area (Å²) >= 11 is 0. The third-order valence-corrected chi connectivity index (χ3v) is 4.88. The van der Waals surface area contributed by atoms with Gasteiger partial charge in [-0.1, -0.05) is 51.2 Å². The molecule has 148 valence electrons. The highest BCUT2D eigenvalue weighted by molar-refractivity contribution is 5.80. The van der Waals surface area contributed by atoms with Gasteiger partial charge >= 0.3 is 0 Å². The number of benzene rings is 1. The third-order valence-electron chi connectivity index (χ3n) is 4.88. The number of ether oxygens (including phenoxy) is 2. The molecule has 0 saturated carbocycles. The molecule has 0 unspecified atom stereocenters. The first-order valence-electron chi connectivity index (χ1n) is 9.92. The summed E-state index contributed by atoms with van der Waals surface area (Å²) in [6.45, 7) is 6.10. The van der Waals surface area contributed by atoms with Crippen LogP contribution in [-0.4, -0.2) is 29.4 Å². The number of nitrogens with zero attached hydrogens (tertiary/aromatic N) is 2. The minimum atomic E-state index is -0.171. The highest BCUT2D eigenvalue weighted by Crippen LogP contribution is 2.25. The highest BCUT2D eigenvalue weighted by Gasteiger charge is 2.17. The second kappa shape index (κ2) is 10.8. The molecule has 0 saturated heterocycles. The Morgan fingerprint density at radius 2 is 1.70 bits per heavy atom. The van der Waals surface area contributed by atoms with Crippen LogP contribution in [0.3, 0.4) is 0 Å². The van der Waals surface area contributed by atoms with Crippen molar-refractivity contribution in [1.29, 1.82) is 0 Å². The summed E-state index contributed by atoms with van der Waals surface area (Å²) in [5.74, 6) is 1.00. The average Bonchev–Trinajstić information content (AvgIpc) is 2.97. The van der Waals surface area contributed by atoms with Gasteiger partial charge in [-0.15, -0.1) is 0 Å². The van der Waals surface area contributed by atoms with Crippen molar-refractivity contribution in [2.75, 3.05) is 13.7 Å². The first-order valence-corrected chi connectivity index (χ1v) is 9.92. The maximum absolute atomic E-state index is 12.6. The molecule has 1 aromatic heterocycles. The number of methoxy groups -OCH3 is 1. The number of hydrogen-bond donors (Lipinski definition) is 0. The van der Waals surface area contributed by atoms with Crippen molar-refractivity contribution in [3.8, 4) is 11.5 Å². The lowest BCUT2D eigenvalue weighted by Crippen LogP contribution is -2.22. The van der Waals surface area contributed by atoms with Gasteiger partial charge in [0.05, 0.1) is 12.8 Å². The van der Waals surface area contributed by atoms with Crippen LogP contribution in [-0.2, 0) is 6.42 Å². The van der Waals surface area contributed by atoms with Gasteiger partial charge in [-0.05, 0) is 44.4 Å². The van der Waals surface area contributed by atoms with Crippen molar-refractivity contribution in [2.24, 2.45) is 0 Å². The summed E-state index contributed by atoms with van der Waals surface area (Å²) in [7, 11) is 1.58. The normalized spacial score (nSPS) is 10.8. The van der Waals surface area contributed by atoms with E-state index in [-0.39, 0.29) is 12.5 Å². The van der Waals surface area contributed by atoms with E-state index in [2.05, 4.69) is 12.0 Å². The van der Waals surface area contributed by atoms with Crippen LogP contribution >= 0.6 is 0 Å². The number of unbranched alkanes of at least 4 members (excludes halogenated alkanes) is 5. The topological polar surface area (TPSA) is 53.4 Å². The van der Waals surface area contributed by atoms with Crippen LogP contribution in [0.25, 0.3) is 0 Å². The van der Waals surface area contributed by atoms with Crippen molar-refractivity contribution in [2.45, 2.75) is 65.7 Å². The van der Waals surface area contributed by atoms with E-state index in [0.29, 0.717) is 11.5 Å². The number of hydrogen-bond acceptors (Lipinski definition) is 4. The van der Waals surface area contributed by atoms with E-state index in [1.807, 2.05) is 32.0 Å². The lowest BCUT2D eigenvalue weighted by Gasteiger charge is -2.10. The molecule has 0 aliphatic heterocycles. The monoisotopic (exact) mass is 372 g/mol. The van der Waals surface area contributed by atoms with Gasteiger partial charge in [0.25, 0.3) is 5.91 Å². The van der Waals surface area contributed by atoms with Crippen molar-refractivity contribution >= 4 is 5.91 Å². The molecule has 0 spiro atoms. The van der Waals surface area contributed by atoms with Crippen LogP contribution in [0.1, 0.15) is 67.2 Å². The molecule has 0 atom stereocenters. The molecule has 0 radical (unpaired) electrons. The van der Waals surface area contributed by atoms with E-state index in [4.69, 9.17) is 9.47 Å². The van der Waals surface area contributed by atoms with Crippen LogP contribution < -0.4 is 9.47 Å². The zero-order valence-electron chi connectivity index (χ0n) is 17.1. The third kappa shape index (κ3) is 5.84. The second-order valence-electron chi connectivity index (χ2n) is 6.91. The molecule has 0 bridgehead atoms. The molecule has 2 aromatic rings. The van der Waals surface area contributed by atoms with E-state index in [9.17, 15) is 4.79 Å². The van der Waals surface area contributed by atoms with Gasteiger partial charge in [-0.25, -0.2) is 4.68 Å². The van der Waals surface area contributed by atoms with Crippen molar-refractivity contribution < 1.29 is 14.3 Å². The standard InChI is InChI=1S/C22H32N2O3/c1-5-6-7-8-9-10-13-19-17(2)23-24(18(19)3)22(25)16-27-21-15-12-11-14-20(21)26-4/h11-12,14-15H,5-10,13,16H2,1-4H3. The summed E-state index contributed by atoms with van der Waals surface area (Å²) in [6, 6.07) is 7.31. The molecule has 1 heterocycles. The van der Waals surface area contributed by atoms with Crippen LogP contribution in [0.5, 0.6) is 11.5 Å². The number of aryl methyl sites for hydroxylation is 1. The Kier molecular flexibility index (Phi) is 8.37. The van der Waals surface area contributed by atoms with E-state index in [1.165, 1.54) is 42.3 Å². The Morgan fingerprint density at radius 3 is 2.41 bits per heavy atom.